The Bertz CT molecular complexity index is 601. The van der Waals surface area contributed by atoms with Crippen LogP contribution < -0.4 is 4.90 Å². The van der Waals surface area contributed by atoms with Gasteiger partial charge in [0.05, 0.1) is 0 Å². The van der Waals surface area contributed by atoms with E-state index >= 15 is 0 Å². The molecule has 19 heavy (non-hydrogen) atoms. The van der Waals surface area contributed by atoms with Crippen molar-refractivity contribution in [2.75, 3.05) is 31.1 Å². The van der Waals surface area contributed by atoms with Crippen molar-refractivity contribution in [2.24, 2.45) is 0 Å². The first-order valence-electron chi connectivity index (χ1n) is 7.02. The highest BCUT2D eigenvalue weighted by atomic mass is 16.4. The molecule has 0 unspecified atom stereocenters. The fourth-order valence-electron chi connectivity index (χ4n) is 3.17. The molecule has 2 aromatic rings. The minimum atomic E-state index is 0.577. The maximum absolute atomic E-state index is 5.85. The number of hydrogen-bond acceptors (Lipinski definition) is 5. The Labute approximate surface area is 112 Å². The molecule has 0 radical (unpaired) electrons. The van der Waals surface area contributed by atoms with E-state index in [0.717, 1.165) is 30.2 Å². The zero-order chi connectivity index (χ0) is 12.8. The fraction of sp³-hybridized carbons (Fsp3) is 0.571. The van der Waals surface area contributed by atoms with Gasteiger partial charge in [-0.2, -0.15) is 4.98 Å². The van der Waals surface area contributed by atoms with Gasteiger partial charge in [-0.15, -0.1) is 0 Å². The number of aromatic nitrogens is 2. The molecule has 2 bridgehead atoms. The minimum Gasteiger partial charge on any atom is -0.404 e. The van der Waals surface area contributed by atoms with E-state index in [1.807, 2.05) is 19.2 Å². The SMILES string of the molecule is Cc1cnc2oc(N3CCN4CCC3CC4)nc2c1. The van der Waals surface area contributed by atoms with Crippen LogP contribution in [-0.4, -0.2) is 47.1 Å². The molecule has 5 rings (SSSR count). The third kappa shape index (κ3) is 1.89. The normalized spacial score (nSPS) is 26.9. The van der Waals surface area contributed by atoms with Gasteiger partial charge in [-0.05, 0) is 31.4 Å². The Hall–Kier alpha value is -1.62. The van der Waals surface area contributed by atoms with Gasteiger partial charge in [-0.25, -0.2) is 4.98 Å². The Balaban J connectivity index is 1.72. The molecule has 3 fully saturated rings. The molecule has 0 N–H and O–H groups in total. The molecule has 5 nitrogen and oxygen atoms in total. The molecular formula is C14H18N4O. The summed E-state index contributed by atoms with van der Waals surface area (Å²) in [5, 5.41) is 0. The molecule has 0 aliphatic carbocycles. The van der Waals surface area contributed by atoms with E-state index < -0.39 is 0 Å². The van der Waals surface area contributed by atoms with Gasteiger partial charge < -0.3 is 14.2 Å². The second-order valence-electron chi connectivity index (χ2n) is 5.60. The molecule has 0 aromatic carbocycles. The number of fused-ring (bicyclic) bond motifs is 5. The van der Waals surface area contributed by atoms with Crippen LogP contribution in [0.15, 0.2) is 16.7 Å². The van der Waals surface area contributed by atoms with Crippen molar-refractivity contribution in [1.82, 2.24) is 14.9 Å². The Morgan fingerprint density at radius 1 is 1.21 bits per heavy atom. The first kappa shape index (κ1) is 11.2. The monoisotopic (exact) mass is 258 g/mol. The Kier molecular flexibility index (Phi) is 2.48. The molecule has 3 saturated heterocycles. The molecule has 0 saturated carbocycles. The number of rotatable bonds is 1. The number of nitrogens with zero attached hydrogens (tertiary/aromatic N) is 4. The lowest BCUT2D eigenvalue weighted by atomic mass is 10.1. The van der Waals surface area contributed by atoms with Gasteiger partial charge in [-0.3, -0.25) is 0 Å². The van der Waals surface area contributed by atoms with E-state index in [0.29, 0.717) is 11.8 Å². The highest BCUT2D eigenvalue weighted by Crippen LogP contribution is 2.28. The average molecular weight is 258 g/mol. The third-order valence-electron chi connectivity index (χ3n) is 4.27. The van der Waals surface area contributed by atoms with E-state index in [4.69, 9.17) is 4.42 Å². The number of oxazole rings is 1. The van der Waals surface area contributed by atoms with Crippen molar-refractivity contribution in [2.45, 2.75) is 25.8 Å². The van der Waals surface area contributed by atoms with Crippen molar-refractivity contribution in [3.63, 3.8) is 0 Å². The van der Waals surface area contributed by atoms with Crippen LogP contribution in [-0.2, 0) is 0 Å². The standard InChI is InChI=1S/C14H18N4O/c1-10-8-12-13(15-9-10)19-14(16-12)18-7-6-17-4-2-11(18)3-5-17/h8-9,11H,2-7H2,1H3. The van der Waals surface area contributed by atoms with Crippen molar-refractivity contribution in [3.8, 4) is 0 Å². The van der Waals surface area contributed by atoms with Crippen molar-refractivity contribution in [3.05, 3.63) is 17.8 Å². The lowest BCUT2D eigenvalue weighted by Crippen LogP contribution is -2.38. The molecular weight excluding hydrogens is 240 g/mol. The van der Waals surface area contributed by atoms with Gasteiger partial charge >= 0.3 is 0 Å². The van der Waals surface area contributed by atoms with Crippen LogP contribution in [0.1, 0.15) is 18.4 Å². The summed E-state index contributed by atoms with van der Waals surface area (Å²) in [5.74, 6) is 0. The van der Waals surface area contributed by atoms with Crippen LogP contribution in [0.3, 0.4) is 0 Å². The summed E-state index contributed by atoms with van der Waals surface area (Å²) in [4.78, 5) is 13.8. The molecule has 5 heteroatoms. The van der Waals surface area contributed by atoms with Crippen molar-refractivity contribution >= 4 is 17.2 Å². The van der Waals surface area contributed by atoms with Crippen LogP contribution >= 0.6 is 0 Å². The molecule has 2 aromatic heterocycles. The Morgan fingerprint density at radius 2 is 2.05 bits per heavy atom. The second-order valence-corrected chi connectivity index (χ2v) is 5.60. The molecule has 3 aliphatic rings. The number of aryl methyl sites for hydroxylation is 1. The van der Waals surface area contributed by atoms with E-state index in [9.17, 15) is 0 Å². The highest BCUT2D eigenvalue weighted by molar-refractivity contribution is 5.71. The lowest BCUT2D eigenvalue weighted by molar-refractivity contribution is 0.249. The smallest absolute Gasteiger partial charge is 0.300 e. The summed E-state index contributed by atoms with van der Waals surface area (Å²) >= 11 is 0. The minimum absolute atomic E-state index is 0.577. The van der Waals surface area contributed by atoms with Crippen molar-refractivity contribution < 1.29 is 4.42 Å². The summed E-state index contributed by atoms with van der Waals surface area (Å²) in [6, 6.07) is 3.36. The van der Waals surface area contributed by atoms with Crippen LogP contribution in [0.5, 0.6) is 0 Å². The zero-order valence-electron chi connectivity index (χ0n) is 11.2. The predicted octanol–water partition coefficient (Wildman–Crippen LogP) is 1.82. The lowest BCUT2D eigenvalue weighted by Gasteiger charge is -2.30. The fourth-order valence-corrected chi connectivity index (χ4v) is 3.17. The predicted molar refractivity (Wildman–Crippen MR) is 73.3 cm³/mol. The molecule has 0 amide bonds. The molecule has 0 spiro atoms. The largest absolute Gasteiger partial charge is 0.404 e. The van der Waals surface area contributed by atoms with Gasteiger partial charge in [0, 0.05) is 38.4 Å². The topological polar surface area (TPSA) is 45.4 Å². The van der Waals surface area contributed by atoms with Crippen LogP contribution in [0, 0.1) is 6.92 Å². The maximum atomic E-state index is 5.85. The van der Waals surface area contributed by atoms with E-state index in [1.165, 1.54) is 25.9 Å². The first-order chi connectivity index (χ1) is 9.29. The quantitative estimate of drug-likeness (QED) is 0.780. The van der Waals surface area contributed by atoms with Gasteiger partial charge in [0.2, 0.25) is 5.71 Å². The molecule has 5 heterocycles. The van der Waals surface area contributed by atoms with E-state index in [-0.39, 0.29) is 0 Å². The number of hydrogen-bond donors (Lipinski definition) is 0. The summed E-state index contributed by atoms with van der Waals surface area (Å²) < 4.78 is 5.85. The average Bonchev–Trinajstić information content (AvgIpc) is 2.61. The number of anilines is 1. The zero-order valence-corrected chi connectivity index (χ0v) is 11.2. The van der Waals surface area contributed by atoms with Gasteiger partial charge in [-0.1, -0.05) is 0 Å². The second kappa shape index (κ2) is 4.20. The Morgan fingerprint density at radius 3 is 2.89 bits per heavy atom. The van der Waals surface area contributed by atoms with E-state index in [2.05, 4.69) is 19.8 Å². The number of piperidine rings is 1. The summed E-state index contributed by atoms with van der Waals surface area (Å²) in [6.07, 6.45) is 4.26. The van der Waals surface area contributed by atoms with Crippen molar-refractivity contribution in [1.29, 1.82) is 0 Å². The summed E-state index contributed by atoms with van der Waals surface area (Å²) in [5.41, 5.74) is 2.64. The third-order valence-corrected chi connectivity index (χ3v) is 4.27. The molecule has 3 aliphatic heterocycles. The summed E-state index contributed by atoms with van der Waals surface area (Å²) in [7, 11) is 0. The highest BCUT2D eigenvalue weighted by Gasteiger charge is 2.31. The van der Waals surface area contributed by atoms with Crippen LogP contribution in [0.2, 0.25) is 0 Å². The summed E-state index contributed by atoms with van der Waals surface area (Å²) in [6.45, 7) is 6.57. The molecule has 0 atom stereocenters. The molecule has 100 valence electrons. The van der Waals surface area contributed by atoms with Crippen LogP contribution in [0.25, 0.3) is 11.2 Å². The van der Waals surface area contributed by atoms with Crippen LogP contribution in [0.4, 0.5) is 6.01 Å². The van der Waals surface area contributed by atoms with E-state index in [1.54, 1.807) is 0 Å². The number of pyridine rings is 1. The maximum Gasteiger partial charge on any atom is 0.300 e. The van der Waals surface area contributed by atoms with Gasteiger partial charge in [0.1, 0.15) is 5.52 Å². The van der Waals surface area contributed by atoms with Gasteiger partial charge in [0.15, 0.2) is 0 Å². The van der Waals surface area contributed by atoms with Gasteiger partial charge in [0.25, 0.3) is 6.01 Å². The first-order valence-corrected chi connectivity index (χ1v) is 7.02.